The molecule has 0 saturated heterocycles. The number of pyridine rings is 1. The van der Waals surface area contributed by atoms with Crippen LogP contribution in [0, 0.1) is 0 Å². The highest BCUT2D eigenvalue weighted by molar-refractivity contribution is 7.93. The maximum absolute atomic E-state index is 13.2. The topological polar surface area (TPSA) is 157 Å². The number of hydrogen-bond donors (Lipinski definition) is 1. The van der Waals surface area contributed by atoms with E-state index in [2.05, 4.69) is 29.9 Å². The minimum absolute atomic E-state index is 0.0520. The third-order valence-electron chi connectivity index (χ3n) is 4.81. The molecule has 12 nitrogen and oxygen atoms in total. The zero-order chi connectivity index (χ0) is 24.9. The van der Waals surface area contributed by atoms with Gasteiger partial charge in [0.2, 0.25) is 21.9 Å². The Morgan fingerprint density at radius 3 is 2.56 bits per heavy atom. The number of aromatic nitrogens is 6. The Bertz CT molecular complexity index is 1210. The number of nitrogens with one attached hydrogen (secondary N) is 1. The smallest absolute Gasteiger partial charge is 0.240 e. The Morgan fingerprint density at radius 1 is 1.24 bits per heavy atom. The molecule has 1 unspecified atom stereocenters. The number of halogens is 1. The van der Waals surface area contributed by atoms with E-state index in [1.54, 1.807) is 24.5 Å². The molecule has 3 atom stereocenters. The highest BCUT2D eigenvalue weighted by atomic mass is 35.5. The third-order valence-corrected chi connectivity index (χ3v) is 7.46. The van der Waals surface area contributed by atoms with Crippen molar-refractivity contribution in [3.63, 3.8) is 0 Å². The molecule has 0 aromatic carbocycles. The second-order valence-corrected chi connectivity index (χ2v) is 11.1. The monoisotopic (exact) mass is 529 g/mol. The van der Waals surface area contributed by atoms with Gasteiger partial charge in [-0.1, -0.05) is 28.8 Å². The molecular weight excluding hydrogens is 506 g/mol. The van der Waals surface area contributed by atoms with Gasteiger partial charge in [-0.25, -0.2) is 23.4 Å². The molecule has 0 fully saturated rings. The van der Waals surface area contributed by atoms with Gasteiger partial charge in [0.25, 0.3) is 0 Å². The first-order valence-electron chi connectivity index (χ1n) is 9.92. The SMILES string of the molecule is COc1cccc(-c2nnc(NS(=O)(=O)[C@@H](C)[C@H](OC)c3ncc(Cl)cn3)n2CC[S+](C)[O-])n1. The van der Waals surface area contributed by atoms with Crippen LogP contribution in [0.4, 0.5) is 5.95 Å². The van der Waals surface area contributed by atoms with Gasteiger partial charge in [-0.15, -0.1) is 10.2 Å². The molecule has 3 aromatic rings. The molecule has 0 saturated carbocycles. The standard InChI is InChI=1S/C19H24ClN7O5S2/c1-12(16(32-3)17-21-10-13(20)11-22-17)34(29,30)26-19-25-24-18(27(19)8-9-33(4)28)14-6-5-7-15(23-14)31-2/h5-7,10-12,16H,8-9H2,1-4H3,(H,25,26)/t12-,16-,33?/m0/s1. The number of hydrogen-bond acceptors (Lipinski definition) is 10. The Hall–Kier alpha value is -2.52. The normalized spacial score (nSPS) is 14.4. The van der Waals surface area contributed by atoms with Crippen LogP contribution in [-0.2, 0) is 32.5 Å². The Kier molecular flexibility index (Phi) is 8.65. The van der Waals surface area contributed by atoms with Crippen LogP contribution in [0.5, 0.6) is 5.88 Å². The first-order chi connectivity index (χ1) is 16.2. The summed E-state index contributed by atoms with van der Waals surface area (Å²) < 4.78 is 52.7. The van der Waals surface area contributed by atoms with Gasteiger partial charge < -0.3 is 14.0 Å². The number of anilines is 1. The van der Waals surface area contributed by atoms with E-state index in [0.717, 1.165) is 0 Å². The molecule has 0 aliphatic carbocycles. The van der Waals surface area contributed by atoms with E-state index in [0.29, 0.717) is 22.4 Å². The van der Waals surface area contributed by atoms with E-state index < -0.39 is 32.6 Å². The molecule has 0 aliphatic rings. The van der Waals surface area contributed by atoms with Crippen molar-refractivity contribution in [3.05, 3.63) is 41.4 Å². The molecule has 0 spiro atoms. The summed E-state index contributed by atoms with van der Waals surface area (Å²) in [7, 11) is -1.22. The largest absolute Gasteiger partial charge is 0.617 e. The average molecular weight is 530 g/mol. The van der Waals surface area contributed by atoms with Gasteiger partial charge in [0.15, 0.2) is 11.6 Å². The second kappa shape index (κ2) is 11.3. The van der Waals surface area contributed by atoms with Gasteiger partial charge in [0, 0.05) is 25.6 Å². The molecule has 3 rings (SSSR count). The van der Waals surface area contributed by atoms with Gasteiger partial charge in [0.05, 0.1) is 24.9 Å². The van der Waals surface area contributed by atoms with Gasteiger partial charge >= 0.3 is 0 Å². The maximum Gasteiger partial charge on any atom is 0.240 e. The predicted octanol–water partition coefficient (Wildman–Crippen LogP) is 1.69. The number of sulfonamides is 1. The van der Waals surface area contributed by atoms with Crippen molar-refractivity contribution >= 4 is 38.7 Å². The fourth-order valence-electron chi connectivity index (χ4n) is 3.01. The molecule has 1 N–H and O–H groups in total. The van der Waals surface area contributed by atoms with Crippen LogP contribution >= 0.6 is 11.6 Å². The first-order valence-corrected chi connectivity index (χ1v) is 13.6. The van der Waals surface area contributed by atoms with Crippen molar-refractivity contribution in [2.24, 2.45) is 0 Å². The Balaban J connectivity index is 1.94. The average Bonchev–Trinajstić information content (AvgIpc) is 3.20. The molecule has 34 heavy (non-hydrogen) atoms. The molecule has 184 valence electrons. The Labute approximate surface area is 205 Å². The second-order valence-electron chi connectivity index (χ2n) is 7.11. The van der Waals surface area contributed by atoms with Gasteiger partial charge in [-0.3, -0.25) is 9.29 Å². The number of ether oxygens (including phenoxy) is 2. The van der Waals surface area contributed by atoms with Gasteiger partial charge in [-0.05, 0) is 13.0 Å². The maximum atomic E-state index is 13.2. The van der Waals surface area contributed by atoms with Crippen LogP contribution in [0.2, 0.25) is 5.02 Å². The summed E-state index contributed by atoms with van der Waals surface area (Å²) in [5, 5.41) is 7.33. The molecule has 3 heterocycles. The highest BCUT2D eigenvalue weighted by Gasteiger charge is 2.34. The van der Waals surface area contributed by atoms with Crippen LogP contribution < -0.4 is 9.46 Å². The van der Waals surface area contributed by atoms with Gasteiger partial charge in [-0.2, -0.15) is 0 Å². The van der Waals surface area contributed by atoms with Crippen LogP contribution in [0.25, 0.3) is 11.5 Å². The quantitative estimate of drug-likeness (QED) is 0.362. The lowest BCUT2D eigenvalue weighted by Gasteiger charge is -2.22. The molecule has 0 amide bonds. The molecule has 0 bridgehead atoms. The summed E-state index contributed by atoms with van der Waals surface area (Å²) >= 11 is 4.69. The van der Waals surface area contributed by atoms with Crippen molar-refractivity contribution in [2.75, 3.05) is 31.0 Å². The zero-order valence-electron chi connectivity index (χ0n) is 18.9. The minimum Gasteiger partial charge on any atom is -0.617 e. The number of rotatable bonds is 11. The Morgan fingerprint density at radius 2 is 1.94 bits per heavy atom. The van der Waals surface area contributed by atoms with Crippen molar-refractivity contribution < 1.29 is 22.4 Å². The molecule has 15 heteroatoms. The van der Waals surface area contributed by atoms with E-state index in [4.69, 9.17) is 21.1 Å². The summed E-state index contributed by atoms with van der Waals surface area (Å²) in [6, 6.07) is 5.07. The highest BCUT2D eigenvalue weighted by Crippen LogP contribution is 2.26. The molecular formula is C19H24ClN7O5S2. The summed E-state index contributed by atoms with van der Waals surface area (Å²) in [6.07, 6.45) is 3.29. The van der Waals surface area contributed by atoms with E-state index >= 15 is 0 Å². The van der Waals surface area contributed by atoms with E-state index in [-0.39, 0.29) is 24.1 Å². The lowest BCUT2D eigenvalue weighted by molar-refractivity contribution is 0.0950. The number of methoxy groups -OCH3 is 2. The van der Waals surface area contributed by atoms with Gasteiger partial charge in [0.1, 0.15) is 22.8 Å². The third kappa shape index (κ3) is 6.13. The van der Waals surface area contributed by atoms with Crippen LogP contribution in [0.3, 0.4) is 0 Å². The van der Waals surface area contributed by atoms with E-state index in [1.807, 2.05) is 0 Å². The zero-order valence-corrected chi connectivity index (χ0v) is 21.3. The van der Waals surface area contributed by atoms with Crippen molar-refractivity contribution in [1.29, 1.82) is 0 Å². The van der Waals surface area contributed by atoms with Crippen LogP contribution in [0.1, 0.15) is 18.9 Å². The van der Waals surface area contributed by atoms with E-state index in [9.17, 15) is 13.0 Å². The first kappa shape index (κ1) is 26.1. The van der Waals surface area contributed by atoms with E-state index in [1.165, 1.54) is 38.1 Å². The van der Waals surface area contributed by atoms with Crippen molar-refractivity contribution in [3.8, 4) is 17.4 Å². The lowest BCUT2D eigenvalue weighted by atomic mass is 10.2. The molecule has 0 radical (unpaired) electrons. The fourth-order valence-corrected chi connectivity index (χ4v) is 4.70. The van der Waals surface area contributed by atoms with Crippen LogP contribution in [0.15, 0.2) is 30.6 Å². The lowest BCUT2D eigenvalue weighted by Crippen LogP contribution is -2.33. The van der Waals surface area contributed by atoms with Crippen molar-refractivity contribution in [2.45, 2.75) is 24.8 Å². The summed E-state index contributed by atoms with van der Waals surface area (Å²) in [4.78, 5) is 12.5. The summed E-state index contributed by atoms with van der Waals surface area (Å²) in [6.45, 7) is 1.64. The molecule has 3 aromatic heterocycles. The summed E-state index contributed by atoms with van der Waals surface area (Å²) in [5.41, 5.74) is 0.413. The van der Waals surface area contributed by atoms with Crippen LogP contribution in [-0.4, -0.2) is 74.2 Å². The molecule has 0 aliphatic heterocycles. The minimum atomic E-state index is -4.06. The number of nitrogens with zero attached hydrogens (tertiary/aromatic N) is 6. The fraction of sp³-hybridized carbons (Fsp3) is 0.421. The van der Waals surface area contributed by atoms with Crippen molar-refractivity contribution in [1.82, 2.24) is 29.7 Å². The predicted molar refractivity (Wildman–Crippen MR) is 128 cm³/mol. The summed E-state index contributed by atoms with van der Waals surface area (Å²) in [5.74, 6) is 1.00.